The number of para-hydroxylation sites is 2. The van der Waals surface area contributed by atoms with Crippen molar-refractivity contribution in [1.82, 2.24) is 0 Å². The zero-order chi connectivity index (χ0) is 14.5. The van der Waals surface area contributed by atoms with E-state index in [9.17, 15) is 18.4 Å². The van der Waals surface area contributed by atoms with E-state index in [1.54, 1.807) is 6.07 Å². The quantitative estimate of drug-likeness (QED) is 0.814. The number of esters is 1. The van der Waals surface area contributed by atoms with Gasteiger partial charge in [-0.05, 0) is 25.0 Å². The van der Waals surface area contributed by atoms with Crippen molar-refractivity contribution in [2.24, 2.45) is 5.92 Å². The third kappa shape index (κ3) is 4.18. The Balaban J connectivity index is 1.88. The molecule has 0 bridgehead atoms. The molecule has 108 valence electrons. The Labute approximate surface area is 113 Å². The van der Waals surface area contributed by atoms with Gasteiger partial charge in [-0.25, -0.2) is 0 Å². The predicted molar refractivity (Wildman–Crippen MR) is 65.4 cm³/mol. The lowest BCUT2D eigenvalue weighted by Gasteiger charge is -2.11. The smallest absolute Gasteiger partial charge is 0.387 e. The standard InChI is InChI=1S/C13H13F2NO4/c14-13(15)20-10-4-2-1-3-9(10)16-11(17)7-19-12(18)8-5-6-8/h1-4,8,13H,5-7H2,(H,16,17). The number of rotatable bonds is 6. The Morgan fingerprint density at radius 1 is 1.30 bits per heavy atom. The average Bonchev–Trinajstić information content (AvgIpc) is 3.22. The molecule has 0 radical (unpaired) electrons. The number of amides is 1. The van der Waals surface area contributed by atoms with Crippen molar-refractivity contribution < 1.29 is 27.8 Å². The van der Waals surface area contributed by atoms with E-state index in [4.69, 9.17) is 4.74 Å². The summed E-state index contributed by atoms with van der Waals surface area (Å²) in [7, 11) is 0. The van der Waals surface area contributed by atoms with Crippen molar-refractivity contribution in [3.05, 3.63) is 24.3 Å². The molecule has 1 aromatic carbocycles. The molecule has 20 heavy (non-hydrogen) atoms. The molecule has 5 nitrogen and oxygen atoms in total. The largest absolute Gasteiger partial charge is 0.455 e. The van der Waals surface area contributed by atoms with Crippen molar-refractivity contribution in [3.8, 4) is 5.75 Å². The Morgan fingerprint density at radius 3 is 2.65 bits per heavy atom. The van der Waals surface area contributed by atoms with Crippen molar-refractivity contribution >= 4 is 17.6 Å². The molecule has 0 saturated heterocycles. The Hall–Kier alpha value is -2.18. The number of carbonyl (C=O) groups excluding carboxylic acids is 2. The van der Waals surface area contributed by atoms with Crippen LogP contribution in [-0.2, 0) is 14.3 Å². The molecule has 1 aliphatic rings. The second-order valence-electron chi connectivity index (χ2n) is 4.30. The fourth-order valence-electron chi connectivity index (χ4n) is 1.53. The lowest BCUT2D eigenvalue weighted by atomic mass is 10.3. The summed E-state index contributed by atoms with van der Waals surface area (Å²) in [5, 5.41) is 2.36. The Morgan fingerprint density at radius 2 is 2.00 bits per heavy atom. The first-order chi connectivity index (χ1) is 9.56. The number of alkyl halides is 2. The second-order valence-corrected chi connectivity index (χ2v) is 4.30. The van der Waals surface area contributed by atoms with Gasteiger partial charge in [0.15, 0.2) is 6.61 Å². The van der Waals surface area contributed by atoms with Gasteiger partial charge in [-0.1, -0.05) is 12.1 Å². The minimum atomic E-state index is -2.99. The highest BCUT2D eigenvalue weighted by atomic mass is 19.3. The topological polar surface area (TPSA) is 64.6 Å². The maximum atomic E-state index is 12.2. The highest BCUT2D eigenvalue weighted by Gasteiger charge is 2.31. The number of nitrogens with one attached hydrogen (secondary N) is 1. The number of hydrogen-bond donors (Lipinski definition) is 1. The van der Waals surface area contributed by atoms with Crippen molar-refractivity contribution in [2.45, 2.75) is 19.5 Å². The maximum absolute atomic E-state index is 12.2. The molecule has 0 aromatic heterocycles. The number of halogens is 2. The van der Waals surface area contributed by atoms with E-state index in [1.165, 1.54) is 18.2 Å². The van der Waals surface area contributed by atoms with E-state index in [1.807, 2.05) is 0 Å². The van der Waals surface area contributed by atoms with E-state index >= 15 is 0 Å². The fraction of sp³-hybridized carbons (Fsp3) is 0.385. The van der Waals surface area contributed by atoms with Crippen LogP contribution in [0.2, 0.25) is 0 Å². The third-order valence-corrected chi connectivity index (χ3v) is 2.63. The normalized spacial score (nSPS) is 13.9. The van der Waals surface area contributed by atoms with Crippen LogP contribution in [0.5, 0.6) is 5.75 Å². The van der Waals surface area contributed by atoms with Crippen LogP contribution >= 0.6 is 0 Å². The molecule has 1 saturated carbocycles. The van der Waals surface area contributed by atoms with Crippen LogP contribution < -0.4 is 10.1 Å². The van der Waals surface area contributed by atoms with Gasteiger partial charge in [0.2, 0.25) is 0 Å². The number of benzene rings is 1. The fourth-order valence-corrected chi connectivity index (χ4v) is 1.53. The molecular weight excluding hydrogens is 272 g/mol. The summed E-state index contributed by atoms with van der Waals surface area (Å²) in [5.74, 6) is -1.26. The summed E-state index contributed by atoms with van der Waals surface area (Å²) in [4.78, 5) is 22.8. The summed E-state index contributed by atoms with van der Waals surface area (Å²) >= 11 is 0. The molecule has 1 aromatic rings. The predicted octanol–water partition coefficient (Wildman–Crippen LogP) is 2.18. The van der Waals surface area contributed by atoms with E-state index in [-0.39, 0.29) is 17.4 Å². The summed E-state index contributed by atoms with van der Waals surface area (Å²) in [6, 6.07) is 5.78. The molecule has 1 aliphatic carbocycles. The monoisotopic (exact) mass is 285 g/mol. The molecule has 1 amide bonds. The highest BCUT2D eigenvalue weighted by molar-refractivity contribution is 5.94. The Kier molecular flexibility index (Phi) is 4.49. The van der Waals surface area contributed by atoms with Crippen LogP contribution in [-0.4, -0.2) is 25.1 Å². The molecule has 1 N–H and O–H groups in total. The van der Waals surface area contributed by atoms with Crippen LogP contribution in [0.3, 0.4) is 0 Å². The highest BCUT2D eigenvalue weighted by Crippen LogP contribution is 2.30. The van der Waals surface area contributed by atoms with Crippen molar-refractivity contribution in [3.63, 3.8) is 0 Å². The maximum Gasteiger partial charge on any atom is 0.387 e. The molecule has 0 spiro atoms. The van der Waals surface area contributed by atoms with Gasteiger partial charge in [0.1, 0.15) is 5.75 Å². The van der Waals surface area contributed by atoms with Gasteiger partial charge in [0.25, 0.3) is 5.91 Å². The van der Waals surface area contributed by atoms with Crippen molar-refractivity contribution in [1.29, 1.82) is 0 Å². The second kappa shape index (κ2) is 6.31. The zero-order valence-electron chi connectivity index (χ0n) is 10.5. The van der Waals surface area contributed by atoms with Gasteiger partial charge in [0.05, 0.1) is 11.6 Å². The number of carbonyl (C=O) groups is 2. The van der Waals surface area contributed by atoms with Gasteiger partial charge in [-0.3, -0.25) is 9.59 Å². The van der Waals surface area contributed by atoms with Gasteiger partial charge in [-0.2, -0.15) is 8.78 Å². The molecule has 0 aliphatic heterocycles. The van der Waals surface area contributed by atoms with E-state index in [2.05, 4.69) is 10.1 Å². The first-order valence-corrected chi connectivity index (χ1v) is 6.06. The molecule has 0 unspecified atom stereocenters. The molecule has 0 heterocycles. The molecule has 0 atom stereocenters. The van der Waals surface area contributed by atoms with Crippen molar-refractivity contribution in [2.75, 3.05) is 11.9 Å². The van der Waals surface area contributed by atoms with Crippen LogP contribution in [0.4, 0.5) is 14.5 Å². The number of anilines is 1. The van der Waals surface area contributed by atoms with Crippen LogP contribution in [0.25, 0.3) is 0 Å². The average molecular weight is 285 g/mol. The van der Waals surface area contributed by atoms with E-state index < -0.39 is 25.1 Å². The first-order valence-electron chi connectivity index (χ1n) is 6.06. The summed E-state index contributed by atoms with van der Waals surface area (Å²) in [5.41, 5.74) is 0.0975. The van der Waals surface area contributed by atoms with Crippen LogP contribution in [0, 0.1) is 5.92 Å². The van der Waals surface area contributed by atoms with Crippen LogP contribution in [0.1, 0.15) is 12.8 Å². The summed E-state index contributed by atoms with van der Waals surface area (Å²) in [6.07, 6.45) is 1.57. The SMILES string of the molecule is O=C(COC(=O)C1CC1)Nc1ccccc1OC(F)F. The van der Waals surface area contributed by atoms with Gasteiger partial charge in [0, 0.05) is 0 Å². The summed E-state index contributed by atoms with van der Waals surface area (Å²) in [6.45, 7) is -3.43. The van der Waals surface area contributed by atoms with E-state index in [0.29, 0.717) is 0 Å². The molecule has 1 fully saturated rings. The van der Waals surface area contributed by atoms with Gasteiger partial charge >= 0.3 is 12.6 Å². The molecular formula is C13H13F2NO4. The van der Waals surface area contributed by atoms with Crippen LogP contribution in [0.15, 0.2) is 24.3 Å². The molecule has 7 heteroatoms. The molecule has 2 rings (SSSR count). The summed E-state index contributed by atoms with van der Waals surface area (Å²) < 4.78 is 33.4. The lowest BCUT2D eigenvalue weighted by molar-refractivity contribution is -0.148. The van der Waals surface area contributed by atoms with Gasteiger partial charge in [-0.15, -0.1) is 0 Å². The minimum Gasteiger partial charge on any atom is -0.455 e. The van der Waals surface area contributed by atoms with Gasteiger partial charge < -0.3 is 14.8 Å². The Bertz CT molecular complexity index is 503. The first kappa shape index (κ1) is 14.2. The third-order valence-electron chi connectivity index (χ3n) is 2.63. The minimum absolute atomic E-state index is 0.0975. The lowest BCUT2D eigenvalue weighted by Crippen LogP contribution is -2.22. The number of hydrogen-bond acceptors (Lipinski definition) is 4. The number of ether oxygens (including phenoxy) is 2. The van der Waals surface area contributed by atoms with E-state index in [0.717, 1.165) is 12.8 Å². The zero-order valence-corrected chi connectivity index (χ0v) is 10.5.